The summed E-state index contributed by atoms with van der Waals surface area (Å²) in [5.41, 5.74) is 4.60. The number of nitrogens with zero attached hydrogens (tertiary/aromatic N) is 4. The Bertz CT molecular complexity index is 785. The molecule has 0 aliphatic carbocycles. The van der Waals surface area contributed by atoms with Gasteiger partial charge in [-0.15, -0.1) is 0 Å². The van der Waals surface area contributed by atoms with Crippen LogP contribution >= 0.6 is 0 Å². The molecule has 6 heteroatoms. The van der Waals surface area contributed by atoms with Crippen molar-refractivity contribution >= 4 is 12.1 Å². The van der Waals surface area contributed by atoms with Crippen molar-refractivity contribution in [2.45, 2.75) is 20.4 Å². The highest BCUT2D eigenvalue weighted by molar-refractivity contribution is 5.71. The first-order valence-corrected chi connectivity index (χ1v) is 7.12. The molecule has 0 spiro atoms. The second-order valence-electron chi connectivity index (χ2n) is 4.94. The van der Waals surface area contributed by atoms with Crippen LogP contribution in [0.25, 0.3) is 16.9 Å². The Labute approximate surface area is 128 Å². The number of nitrogens with one attached hydrogen (secondary N) is 1. The van der Waals surface area contributed by atoms with E-state index >= 15 is 0 Å². The monoisotopic (exact) mass is 295 g/mol. The van der Waals surface area contributed by atoms with Gasteiger partial charge in [-0.05, 0) is 44.2 Å². The molecule has 0 aliphatic rings. The summed E-state index contributed by atoms with van der Waals surface area (Å²) in [5, 5.41) is 11.7. The fourth-order valence-corrected chi connectivity index (χ4v) is 2.32. The van der Waals surface area contributed by atoms with Crippen molar-refractivity contribution in [3.8, 4) is 16.9 Å². The maximum absolute atomic E-state index is 10.4. The minimum absolute atomic E-state index is 0.662. The zero-order valence-corrected chi connectivity index (χ0v) is 12.5. The fourth-order valence-electron chi connectivity index (χ4n) is 2.32. The van der Waals surface area contributed by atoms with E-state index < -0.39 is 0 Å². The van der Waals surface area contributed by atoms with Gasteiger partial charge in [0.15, 0.2) is 0 Å². The predicted molar refractivity (Wildman–Crippen MR) is 84.9 cm³/mol. The maximum Gasteiger partial charge on any atom is 0.211 e. The number of hydrogen-bond donors (Lipinski definition) is 1. The molecule has 6 nitrogen and oxygen atoms in total. The van der Waals surface area contributed by atoms with Crippen LogP contribution in [-0.4, -0.2) is 26.0 Å². The van der Waals surface area contributed by atoms with Gasteiger partial charge in [-0.2, -0.15) is 10.2 Å². The van der Waals surface area contributed by atoms with Crippen LogP contribution in [0.5, 0.6) is 0 Å². The molecule has 0 aliphatic heterocycles. The number of carbonyl (C=O) groups is 1. The molecule has 112 valence electrons. The van der Waals surface area contributed by atoms with Crippen LogP contribution < -0.4 is 5.32 Å². The Hall–Kier alpha value is -2.89. The summed E-state index contributed by atoms with van der Waals surface area (Å²) in [6.45, 7) is 4.89. The Kier molecular flexibility index (Phi) is 3.74. The quantitative estimate of drug-likeness (QED) is 0.736. The normalized spacial score (nSPS) is 10.6. The minimum atomic E-state index is 0.662. The molecular formula is C16H17N5O. The number of rotatable bonds is 5. The second kappa shape index (κ2) is 5.85. The Morgan fingerprint density at radius 1 is 1.18 bits per heavy atom. The van der Waals surface area contributed by atoms with E-state index in [0.717, 1.165) is 34.9 Å². The molecule has 2 heterocycles. The molecule has 0 saturated heterocycles. The van der Waals surface area contributed by atoms with Crippen molar-refractivity contribution in [3.05, 3.63) is 48.4 Å². The molecule has 3 aromatic rings. The van der Waals surface area contributed by atoms with Gasteiger partial charge in [-0.1, -0.05) is 0 Å². The van der Waals surface area contributed by atoms with Crippen molar-refractivity contribution in [2.75, 3.05) is 5.32 Å². The van der Waals surface area contributed by atoms with Gasteiger partial charge in [-0.3, -0.25) is 9.48 Å². The first kappa shape index (κ1) is 14.1. The maximum atomic E-state index is 10.4. The van der Waals surface area contributed by atoms with Gasteiger partial charge in [0.25, 0.3) is 0 Å². The molecule has 22 heavy (non-hydrogen) atoms. The summed E-state index contributed by atoms with van der Waals surface area (Å²) in [6, 6.07) is 9.47. The summed E-state index contributed by atoms with van der Waals surface area (Å²) in [4.78, 5) is 10.4. The van der Waals surface area contributed by atoms with Crippen LogP contribution in [0, 0.1) is 6.92 Å². The number of aryl methyl sites for hydroxylation is 2. The number of anilines is 1. The van der Waals surface area contributed by atoms with Gasteiger partial charge < -0.3 is 5.32 Å². The van der Waals surface area contributed by atoms with Gasteiger partial charge in [-0.25, -0.2) is 4.68 Å². The van der Waals surface area contributed by atoms with E-state index in [-0.39, 0.29) is 0 Å². The number of aromatic nitrogens is 4. The molecule has 0 bridgehead atoms. The lowest BCUT2D eigenvalue weighted by Gasteiger charge is -2.03. The summed E-state index contributed by atoms with van der Waals surface area (Å²) >= 11 is 0. The third kappa shape index (κ3) is 2.63. The summed E-state index contributed by atoms with van der Waals surface area (Å²) in [7, 11) is 0. The van der Waals surface area contributed by atoms with Crippen molar-refractivity contribution in [2.24, 2.45) is 0 Å². The molecular weight excluding hydrogens is 278 g/mol. The molecule has 0 atom stereocenters. The molecule has 1 amide bonds. The lowest BCUT2D eigenvalue weighted by Crippen LogP contribution is -1.97. The summed E-state index contributed by atoms with van der Waals surface area (Å²) < 4.78 is 3.71. The highest BCUT2D eigenvalue weighted by Gasteiger charge is 2.10. The topological polar surface area (TPSA) is 64.7 Å². The highest BCUT2D eigenvalue weighted by Crippen LogP contribution is 2.22. The second-order valence-corrected chi connectivity index (χ2v) is 4.94. The predicted octanol–water partition coefficient (Wildman–Crippen LogP) is 2.63. The van der Waals surface area contributed by atoms with Gasteiger partial charge in [0.2, 0.25) is 6.41 Å². The third-order valence-corrected chi connectivity index (χ3v) is 3.49. The van der Waals surface area contributed by atoms with Gasteiger partial charge in [0, 0.05) is 30.2 Å². The van der Waals surface area contributed by atoms with E-state index in [2.05, 4.69) is 22.4 Å². The zero-order chi connectivity index (χ0) is 15.5. The highest BCUT2D eigenvalue weighted by atomic mass is 16.1. The average Bonchev–Trinajstić information content (AvgIpc) is 3.14. The molecule has 1 N–H and O–H groups in total. The number of amides is 1. The molecule has 3 rings (SSSR count). The molecule has 2 aromatic heterocycles. The third-order valence-electron chi connectivity index (χ3n) is 3.49. The molecule has 0 unspecified atom stereocenters. The van der Waals surface area contributed by atoms with Crippen LogP contribution in [0.15, 0.2) is 42.7 Å². The van der Waals surface area contributed by atoms with E-state index in [0.29, 0.717) is 6.41 Å². The minimum Gasteiger partial charge on any atom is -0.329 e. The van der Waals surface area contributed by atoms with Gasteiger partial charge in [0.05, 0.1) is 17.1 Å². The molecule has 0 fully saturated rings. The van der Waals surface area contributed by atoms with Crippen LogP contribution in [0.2, 0.25) is 0 Å². The Balaban J connectivity index is 1.89. The van der Waals surface area contributed by atoms with E-state index in [1.807, 2.05) is 59.0 Å². The zero-order valence-electron chi connectivity index (χ0n) is 12.5. The van der Waals surface area contributed by atoms with Crippen molar-refractivity contribution in [1.82, 2.24) is 19.6 Å². The molecule has 1 aromatic carbocycles. The van der Waals surface area contributed by atoms with E-state index in [9.17, 15) is 4.79 Å². The van der Waals surface area contributed by atoms with Gasteiger partial charge in [0.1, 0.15) is 0 Å². The molecule has 0 radical (unpaired) electrons. The van der Waals surface area contributed by atoms with Crippen molar-refractivity contribution in [1.29, 1.82) is 0 Å². The van der Waals surface area contributed by atoms with E-state index in [1.54, 1.807) is 0 Å². The summed E-state index contributed by atoms with van der Waals surface area (Å²) in [5.74, 6) is 0. The number of carbonyl (C=O) groups excluding carboxylic acids is 1. The summed E-state index contributed by atoms with van der Waals surface area (Å²) in [6.07, 6.45) is 4.59. The number of benzene rings is 1. The van der Waals surface area contributed by atoms with Crippen LogP contribution in [0.1, 0.15) is 12.6 Å². The number of hydrogen-bond acceptors (Lipinski definition) is 3. The lowest BCUT2D eigenvalue weighted by atomic mass is 10.2. The van der Waals surface area contributed by atoms with E-state index in [1.165, 1.54) is 0 Å². The Morgan fingerprint density at radius 2 is 1.95 bits per heavy atom. The van der Waals surface area contributed by atoms with Crippen molar-refractivity contribution < 1.29 is 4.79 Å². The SMILES string of the molecule is CCn1cc(-c2ccn(-c3ccc(NC=O)cc3)n2)c(C)n1. The first-order valence-electron chi connectivity index (χ1n) is 7.12. The largest absolute Gasteiger partial charge is 0.329 e. The van der Waals surface area contributed by atoms with Gasteiger partial charge >= 0.3 is 0 Å². The lowest BCUT2D eigenvalue weighted by molar-refractivity contribution is -0.105. The standard InChI is InChI=1S/C16H17N5O/c1-3-20-10-15(12(2)18-20)16-8-9-21(19-16)14-6-4-13(5-7-14)17-11-22/h4-11H,3H2,1-2H3,(H,17,22). The smallest absolute Gasteiger partial charge is 0.211 e. The average molecular weight is 295 g/mol. The van der Waals surface area contributed by atoms with Crippen LogP contribution in [0.4, 0.5) is 5.69 Å². The Morgan fingerprint density at radius 3 is 2.59 bits per heavy atom. The van der Waals surface area contributed by atoms with E-state index in [4.69, 9.17) is 0 Å². The van der Waals surface area contributed by atoms with Crippen LogP contribution in [0.3, 0.4) is 0 Å². The van der Waals surface area contributed by atoms with Crippen LogP contribution in [-0.2, 0) is 11.3 Å². The van der Waals surface area contributed by atoms with Crippen molar-refractivity contribution in [3.63, 3.8) is 0 Å². The first-order chi connectivity index (χ1) is 10.7. The fraction of sp³-hybridized carbons (Fsp3) is 0.188. The molecule has 0 saturated carbocycles.